The highest BCUT2D eigenvalue weighted by Gasteiger charge is 2.35. The Balaban J connectivity index is 2.10. The molecule has 23 heavy (non-hydrogen) atoms. The molecule has 0 unspecified atom stereocenters. The van der Waals surface area contributed by atoms with E-state index in [4.69, 9.17) is 0 Å². The van der Waals surface area contributed by atoms with Crippen LogP contribution in [0.5, 0.6) is 0 Å². The van der Waals surface area contributed by atoms with Crippen molar-refractivity contribution in [2.75, 3.05) is 6.54 Å². The number of rotatable bonds is 2. The number of aliphatic carboxylic acids is 1. The molecular formula is C14H14N4O5. The molecule has 9 heteroatoms. The van der Waals surface area contributed by atoms with Crippen molar-refractivity contribution >= 4 is 22.9 Å². The molecule has 3 N–H and O–H groups in total. The van der Waals surface area contributed by atoms with Crippen LogP contribution in [0.2, 0.25) is 0 Å². The minimum absolute atomic E-state index is 0.00407. The fraction of sp³-hybridized carbons (Fsp3) is 0.357. The molecule has 1 aliphatic heterocycles. The first-order valence-corrected chi connectivity index (χ1v) is 7.06. The van der Waals surface area contributed by atoms with Crippen LogP contribution in [0, 0.1) is 6.92 Å². The van der Waals surface area contributed by atoms with Crippen molar-refractivity contribution in [1.29, 1.82) is 0 Å². The molecule has 2 aromatic heterocycles. The van der Waals surface area contributed by atoms with E-state index < -0.39 is 29.2 Å². The van der Waals surface area contributed by atoms with Gasteiger partial charge in [0.05, 0.1) is 5.39 Å². The molecule has 0 radical (unpaired) electrons. The maximum Gasteiger partial charge on any atom is 0.327 e. The monoisotopic (exact) mass is 318 g/mol. The Labute approximate surface area is 129 Å². The number of H-pyrrole nitrogens is 2. The molecule has 1 aliphatic rings. The molecule has 0 bridgehead atoms. The van der Waals surface area contributed by atoms with Gasteiger partial charge < -0.3 is 10.0 Å². The Morgan fingerprint density at radius 3 is 2.78 bits per heavy atom. The van der Waals surface area contributed by atoms with E-state index >= 15 is 0 Å². The Bertz CT molecular complexity index is 929. The summed E-state index contributed by atoms with van der Waals surface area (Å²) in [4.78, 5) is 56.7. The average molecular weight is 318 g/mol. The van der Waals surface area contributed by atoms with Crippen LogP contribution in [0.25, 0.3) is 11.0 Å². The number of amides is 1. The van der Waals surface area contributed by atoms with Crippen LogP contribution in [0.1, 0.15) is 28.9 Å². The van der Waals surface area contributed by atoms with E-state index in [9.17, 15) is 24.3 Å². The van der Waals surface area contributed by atoms with Crippen molar-refractivity contribution < 1.29 is 14.7 Å². The number of pyridine rings is 1. The Morgan fingerprint density at radius 1 is 1.35 bits per heavy atom. The van der Waals surface area contributed by atoms with Gasteiger partial charge in [-0.05, 0) is 31.4 Å². The van der Waals surface area contributed by atoms with Crippen LogP contribution >= 0.6 is 0 Å². The van der Waals surface area contributed by atoms with Gasteiger partial charge in [-0.2, -0.15) is 0 Å². The van der Waals surface area contributed by atoms with Crippen LogP contribution in [-0.2, 0) is 4.79 Å². The Kier molecular flexibility index (Phi) is 3.47. The van der Waals surface area contributed by atoms with Gasteiger partial charge in [0.25, 0.3) is 11.5 Å². The zero-order valence-corrected chi connectivity index (χ0v) is 12.3. The van der Waals surface area contributed by atoms with Gasteiger partial charge >= 0.3 is 11.7 Å². The fourth-order valence-electron chi connectivity index (χ4n) is 2.88. The topological polar surface area (TPSA) is 136 Å². The number of carbonyl (C=O) groups is 2. The fourth-order valence-corrected chi connectivity index (χ4v) is 2.88. The van der Waals surface area contributed by atoms with Crippen molar-refractivity contribution in [3.63, 3.8) is 0 Å². The van der Waals surface area contributed by atoms with Gasteiger partial charge in [-0.25, -0.2) is 14.6 Å². The van der Waals surface area contributed by atoms with Gasteiger partial charge in [-0.1, -0.05) is 0 Å². The van der Waals surface area contributed by atoms with Crippen molar-refractivity contribution in [3.8, 4) is 0 Å². The first kappa shape index (κ1) is 14.9. The molecule has 2 aromatic rings. The van der Waals surface area contributed by atoms with Gasteiger partial charge in [-0.3, -0.25) is 19.6 Å². The zero-order chi connectivity index (χ0) is 16.7. The maximum atomic E-state index is 12.5. The smallest absolute Gasteiger partial charge is 0.327 e. The number of nitrogens with zero attached hydrogens (tertiary/aromatic N) is 2. The van der Waals surface area contributed by atoms with Crippen LogP contribution in [0.4, 0.5) is 0 Å². The molecule has 1 atom stereocenters. The number of aryl methyl sites for hydroxylation is 1. The summed E-state index contributed by atoms with van der Waals surface area (Å²) >= 11 is 0. The summed E-state index contributed by atoms with van der Waals surface area (Å²) in [5.41, 5.74) is -0.819. The van der Waals surface area contributed by atoms with E-state index in [-0.39, 0.29) is 16.7 Å². The molecule has 0 saturated carbocycles. The highest BCUT2D eigenvalue weighted by molar-refractivity contribution is 5.97. The van der Waals surface area contributed by atoms with E-state index in [1.807, 2.05) is 0 Å². The van der Waals surface area contributed by atoms with Crippen molar-refractivity contribution in [2.24, 2.45) is 0 Å². The second-order valence-corrected chi connectivity index (χ2v) is 5.45. The summed E-state index contributed by atoms with van der Waals surface area (Å²) in [5, 5.41) is 9.36. The predicted octanol–water partition coefficient (Wildman–Crippen LogP) is -0.391. The second kappa shape index (κ2) is 5.34. The number of carboxylic acids is 1. The molecule has 0 spiro atoms. The summed E-state index contributed by atoms with van der Waals surface area (Å²) in [6, 6.07) is 0.550. The summed E-state index contributed by atoms with van der Waals surface area (Å²) in [6.07, 6.45) is 0.996. The van der Waals surface area contributed by atoms with Crippen molar-refractivity contribution in [3.05, 3.63) is 38.2 Å². The minimum atomic E-state index is -1.06. The average Bonchev–Trinajstić information content (AvgIpc) is 2.94. The first-order chi connectivity index (χ1) is 10.9. The lowest BCUT2D eigenvalue weighted by molar-refractivity contribution is -0.141. The standard InChI is InChI=1S/C14H14N4O5/c1-6-5-7(12(20)18-4-2-3-8(18)13(21)22)15-10-9(6)11(19)17-14(23)16-10/h5,8H,2-4H2,1H3,(H,21,22)(H2,15,16,17,19,23)/t8-/m1/s1. The van der Waals surface area contributed by atoms with Gasteiger partial charge in [-0.15, -0.1) is 0 Å². The third-order valence-corrected chi connectivity index (χ3v) is 3.92. The van der Waals surface area contributed by atoms with E-state index in [0.29, 0.717) is 24.9 Å². The lowest BCUT2D eigenvalue weighted by atomic mass is 10.1. The van der Waals surface area contributed by atoms with Gasteiger partial charge in [0, 0.05) is 6.54 Å². The van der Waals surface area contributed by atoms with Crippen LogP contribution in [0.3, 0.4) is 0 Å². The summed E-state index contributed by atoms with van der Waals surface area (Å²) < 4.78 is 0. The Hall–Kier alpha value is -2.97. The number of carboxylic acid groups (broad SMARTS) is 1. The molecule has 1 fully saturated rings. The number of hydrogen-bond acceptors (Lipinski definition) is 5. The summed E-state index contributed by atoms with van der Waals surface area (Å²) in [7, 11) is 0. The van der Waals surface area contributed by atoms with E-state index in [2.05, 4.69) is 15.0 Å². The number of fused-ring (bicyclic) bond motifs is 1. The molecule has 1 amide bonds. The number of carbonyl (C=O) groups excluding carboxylic acids is 1. The normalized spacial score (nSPS) is 17.6. The van der Waals surface area contributed by atoms with E-state index in [0.717, 1.165) is 0 Å². The van der Waals surface area contributed by atoms with E-state index in [1.165, 1.54) is 11.0 Å². The predicted molar refractivity (Wildman–Crippen MR) is 79.4 cm³/mol. The van der Waals surface area contributed by atoms with Crippen LogP contribution < -0.4 is 11.2 Å². The van der Waals surface area contributed by atoms with Gasteiger partial charge in [0.2, 0.25) is 0 Å². The number of nitrogens with one attached hydrogen (secondary N) is 2. The SMILES string of the molecule is Cc1cc(C(=O)N2CCC[C@@H]2C(=O)O)nc2[nH]c(=O)[nH]c(=O)c12. The molecule has 120 valence electrons. The number of likely N-dealkylation sites (tertiary alicyclic amines) is 1. The molecular weight excluding hydrogens is 304 g/mol. The first-order valence-electron chi connectivity index (χ1n) is 7.06. The number of aromatic nitrogens is 3. The molecule has 0 aliphatic carbocycles. The lowest BCUT2D eigenvalue weighted by Crippen LogP contribution is -2.40. The molecule has 0 aromatic carbocycles. The molecule has 9 nitrogen and oxygen atoms in total. The van der Waals surface area contributed by atoms with Gasteiger partial charge in [0.15, 0.2) is 0 Å². The van der Waals surface area contributed by atoms with E-state index in [1.54, 1.807) is 6.92 Å². The number of aromatic amines is 2. The summed E-state index contributed by atoms with van der Waals surface area (Å²) in [5.74, 6) is -1.58. The lowest BCUT2D eigenvalue weighted by Gasteiger charge is -2.21. The third-order valence-electron chi connectivity index (χ3n) is 3.92. The molecule has 3 rings (SSSR count). The Morgan fingerprint density at radius 2 is 2.09 bits per heavy atom. The largest absolute Gasteiger partial charge is 0.480 e. The highest BCUT2D eigenvalue weighted by Crippen LogP contribution is 2.21. The van der Waals surface area contributed by atoms with Gasteiger partial charge in [0.1, 0.15) is 17.4 Å². The maximum absolute atomic E-state index is 12.5. The molecule has 1 saturated heterocycles. The van der Waals surface area contributed by atoms with Crippen LogP contribution in [0.15, 0.2) is 15.7 Å². The van der Waals surface area contributed by atoms with Crippen molar-refractivity contribution in [2.45, 2.75) is 25.8 Å². The number of hydrogen-bond donors (Lipinski definition) is 3. The second-order valence-electron chi connectivity index (χ2n) is 5.45. The van der Waals surface area contributed by atoms with Crippen LogP contribution in [-0.4, -0.2) is 49.4 Å². The molecule has 3 heterocycles. The minimum Gasteiger partial charge on any atom is -0.480 e. The third kappa shape index (κ3) is 2.50. The quantitative estimate of drug-likeness (QED) is 0.690. The summed E-state index contributed by atoms with van der Waals surface area (Å²) in [6.45, 7) is 1.95. The highest BCUT2D eigenvalue weighted by atomic mass is 16.4. The zero-order valence-electron chi connectivity index (χ0n) is 12.3. The van der Waals surface area contributed by atoms with Crippen molar-refractivity contribution in [1.82, 2.24) is 19.9 Å².